The molecule has 4 heteroatoms. The second-order valence-electron chi connectivity index (χ2n) is 3.29. The number of rotatable bonds is 5. The predicted molar refractivity (Wildman–Crippen MR) is 68.0 cm³/mol. The van der Waals surface area contributed by atoms with E-state index in [0.717, 1.165) is 21.9 Å². The van der Waals surface area contributed by atoms with Crippen LogP contribution >= 0.6 is 39.3 Å². The van der Waals surface area contributed by atoms with E-state index in [-0.39, 0.29) is 0 Å². The van der Waals surface area contributed by atoms with E-state index in [0.29, 0.717) is 5.92 Å². The fraction of sp³-hybridized carbons (Fsp3) is 0.500. The lowest BCUT2D eigenvalue weighted by Crippen LogP contribution is -1.99. The molecule has 0 bridgehead atoms. The van der Waals surface area contributed by atoms with Gasteiger partial charge in [-0.1, -0.05) is 6.92 Å². The first-order valence-electron chi connectivity index (χ1n) is 4.45. The van der Waals surface area contributed by atoms with Crippen LogP contribution < -0.4 is 0 Å². The molecule has 0 aliphatic carbocycles. The number of alkyl halides is 1. The summed E-state index contributed by atoms with van der Waals surface area (Å²) in [7, 11) is 0. The third kappa shape index (κ3) is 4.67. The van der Waals surface area contributed by atoms with Gasteiger partial charge in [0, 0.05) is 28.5 Å². The Hall–Kier alpha value is 0.270. The average Bonchev–Trinajstić information content (AvgIpc) is 2.17. The third-order valence-corrected chi connectivity index (χ3v) is 4.00. The van der Waals surface area contributed by atoms with Crippen LogP contribution in [0.15, 0.2) is 22.9 Å². The number of nitrogens with zero attached hydrogens (tertiary/aromatic N) is 1. The van der Waals surface area contributed by atoms with Crippen molar-refractivity contribution in [2.75, 3.05) is 11.6 Å². The summed E-state index contributed by atoms with van der Waals surface area (Å²) in [5.41, 5.74) is 1.26. The van der Waals surface area contributed by atoms with Crippen molar-refractivity contribution in [1.29, 1.82) is 0 Å². The van der Waals surface area contributed by atoms with Gasteiger partial charge in [0.05, 0.1) is 0 Å². The molecular formula is C10H13BrClNS. The van der Waals surface area contributed by atoms with Gasteiger partial charge in [0.2, 0.25) is 0 Å². The summed E-state index contributed by atoms with van der Waals surface area (Å²) < 4.78 is 1.04. The lowest BCUT2D eigenvalue weighted by molar-refractivity contribution is 0.759. The average molecular weight is 295 g/mol. The molecule has 1 unspecified atom stereocenters. The van der Waals surface area contributed by atoms with Crippen LogP contribution in [-0.2, 0) is 5.75 Å². The van der Waals surface area contributed by atoms with Crippen molar-refractivity contribution < 1.29 is 0 Å². The van der Waals surface area contributed by atoms with E-state index in [9.17, 15) is 0 Å². The van der Waals surface area contributed by atoms with Crippen molar-refractivity contribution in [3.63, 3.8) is 0 Å². The Kier molecular flexibility index (Phi) is 5.90. The van der Waals surface area contributed by atoms with Crippen LogP contribution in [0.4, 0.5) is 0 Å². The van der Waals surface area contributed by atoms with E-state index in [4.69, 9.17) is 11.6 Å². The van der Waals surface area contributed by atoms with Gasteiger partial charge in [-0.2, -0.15) is 11.8 Å². The van der Waals surface area contributed by atoms with Gasteiger partial charge in [-0.3, -0.25) is 4.98 Å². The summed E-state index contributed by atoms with van der Waals surface area (Å²) in [6, 6.07) is 2.10. The number of hydrogen-bond donors (Lipinski definition) is 0. The van der Waals surface area contributed by atoms with Crippen molar-refractivity contribution in [3.8, 4) is 0 Å². The molecule has 14 heavy (non-hydrogen) atoms. The van der Waals surface area contributed by atoms with Crippen molar-refractivity contribution in [3.05, 3.63) is 28.5 Å². The van der Waals surface area contributed by atoms with Crippen LogP contribution in [0, 0.1) is 5.92 Å². The molecule has 1 aromatic rings. The van der Waals surface area contributed by atoms with Crippen molar-refractivity contribution in [2.45, 2.75) is 12.7 Å². The van der Waals surface area contributed by atoms with Gasteiger partial charge in [0.15, 0.2) is 0 Å². The van der Waals surface area contributed by atoms with Gasteiger partial charge in [0.1, 0.15) is 0 Å². The minimum Gasteiger partial charge on any atom is -0.263 e. The van der Waals surface area contributed by atoms with Crippen molar-refractivity contribution >= 4 is 39.3 Å². The second kappa shape index (κ2) is 6.70. The zero-order valence-corrected chi connectivity index (χ0v) is 11.2. The molecule has 0 N–H and O–H groups in total. The molecule has 1 nitrogen and oxygen atoms in total. The Balaban J connectivity index is 2.31. The third-order valence-electron chi connectivity index (χ3n) is 1.70. The minimum atomic E-state index is 0.585. The predicted octanol–water partition coefficient (Wildman–Crippen LogP) is 3.95. The molecule has 1 aromatic heterocycles. The first-order valence-corrected chi connectivity index (χ1v) is 6.93. The Morgan fingerprint density at radius 3 is 3.00 bits per heavy atom. The van der Waals surface area contributed by atoms with E-state index >= 15 is 0 Å². The monoisotopic (exact) mass is 293 g/mol. The summed E-state index contributed by atoms with van der Waals surface area (Å²) in [5.74, 6) is 3.44. The molecule has 1 atom stereocenters. The maximum absolute atomic E-state index is 5.73. The first-order chi connectivity index (χ1) is 6.72. The van der Waals surface area contributed by atoms with E-state index < -0.39 is 0 Å². The molecule has 1 rings (SSSR count). The molecule has 0 spiro atoms. The van der Waals surface area contributed by atoms with Gasteiger partial charge >= 0.3 is 0 Å². The normalized spacial score (nSPS) is 12.8. The maximum Gasteiger partial charge on any atom is 0.0410 e. The van der Waals surface area contributed by atoms with Crippen molar-refractivity contribution in [2.24, 2.45) is 5.92 Å². The summed E-state index contributed by atoms with van der Waals surface area (Å²) in [4.78, 5) is 4.12. The van der Waals surface area contributed by atoms with Crippen LogP contribution in [-0.4, -0.2) is 16.6 Å². The molecule has 0 aromatic carbocycles. The number of aromatic nitrogens is 1. The van der Waals surface area contributed by atoms with Crippen LogP contribution in [0.5, 0.6) is 0 Å². The molecule has 0 saturated carbocycles. The molecule has 0 aliphatic heterocycles. The number of thioether (sulfide) groups is 1. The van der Waals surface area contributed by atoms with Crippen LogP contribution in [0.2, 0.25) is 0 Å². The van der Waals surface area contributed by atoms with Crippen LogP contribution in [0.1, 0.15) is 12.5 Å². The topological polar surface area (TPSA) is 12.9 Å². The molecular weight excluding hydrogens is 282 g/mol. The smallest absolute Gasteiger partial charge is 0.0410 e. The number of hydrogen-bond acceptors (Lipinski definition) is 2. The first kappa shape index (κ1) is 12.3. The molecule has 0 saturated heterocycles. The van der Waals surface area contributed by atoms with Gasteiger partial charge in [-0.25, -0.2) is 0 Å². The van der Waals surface area contributed by atoms with E-state index in [2.05, 4.69) is 33.9 Å². The highest BCUT2D eigenvalue weighted by Gasteiger charge is 2.01. The second-order valence-corrected chi connectivity index (χ2v) is 5.54. The van der Waals surface area contributed by atoms with Gasteiger partial charge < -0.3 is 0 Å². The fourth-order valence-electron chi connectivity index (χ4n) is 0.957. The zero-order chi connectivity index (χ0) is 10.4. The molecule has 0 radical (unpaired) electrons. The fourth-order valence-corrected chi connectivity index (χ4v) is 2.64. The van der Waals surface area contributed by atoms with Crippen LogP contribution in [0.25, 0.3) is 0 Å². The Labute approximate surface area is 103 Å². The lowest BCUT2D eigenvalue weighted by atomic mass is 10.3. The van der Waals surface area contributed by atoms with E-state index in [1.165, 1.54) is 5.56 Å². The Morgan fingerprint density at radius 2 is 2.36 bits per heavy atom. The lowest BCUT2D eigenvalue weighted by Gasteiger charge is -2.06. The van der Waals surface area contributed by atoms with Crippen molar-refractivity contribution in [1.82, 2.24) is 4.98 Å². The molecule has 78 valence electrons. The molecule has 0 aliphatic rings. The SMILES string of the molecule is CC(CCl)CSCc1cncc(Br)c1. The Bertz CT molecular complexity index is 283. The highest BCUT2D eigenvalue weighted by atomic mass is 79.9. The van der Waals surface area contributed by atoms with Gasteiger partial charge in [-0.15, -0.1) is 11.6 Å². The van der Waals surface area contributed by atoms with E-state index in [1.807, 2.05) is 18.0 Å². The standard InChI is InChI=1S/C10H13BrClNS/c1-8(3-12)6-14-7-9-2-10(11)5-13-4-9/h2,4-5,8H,3,6-7H2,1H3. The summed E-state index contributed by atoms with van der Waals surface area (Å²) >= 11 is 11.0. The molecule has 0 fully saturated rings. The largest absolute Gasteiger partial charge is 0.263 e. The number of halogens is 2. The van der Waals surface area contributed by atoms with E-state index in [1.54, 1.807) is 6.20 Å². The zero-order valence-electron chi connectivity index (χ0n) is 8.04. The Morgan fingerprint density at radius 1 is 1.57 bits per heavy atom. The number of pyridine rings is 1. The quantitative estimate of drug-likeness (QED) is 0.763. The maximum atomic E-state index is 5.73. The van der Waals surface area contributed by atoms with Gasteiger partial charge in [0.25, 0.3) is 0 Å². The molecule has 0 amide bonds. The molecule has 1 heterocycles. The minimum absolute atomic E-state index is 0.585. The highest BCUT2D eigenvalue weighted by Crippen LogP contribution is 2.18. The van der Waals surface area contributed by atoms with Crippen LogP contribution in [0.3, 0.4) is 0 Å². The summed E-state index contributed by atoms with van der Waals surface area (Å²) in [5, 5.41) is 0. The summed E-state index contributed by atoms with van der Waals surface area (Å²) in [6.45, 7) is 2.17. The highest BCUT2D eigenvalue weighted by molar-refractivity contribution is 9.10. The summed E-state index contributed by atoms with van der Waals surface area (Å²) in [6.07, 6.45) is 3.71. The van der Waals surface area contributed by atoms with Gasteiger partial charge in [-0.05, 0) is 39.2 Å².